The summed E-state index contributed by atoms with van der Waals surface area (Å²) < 4.78 is 0. The molecular weight excluding hydrogens is 529 g/mol. The maximum absolute atomic E-state index is 13.2. The molecule has 0 spiro atoms. The van der Waals surface area contributed by atoms with Crippen molar-refractivity contribution in [2.24, 2.45) is 0 Å². The van der Waals surface area contributed by atoms with E-state index in [4.69, 9.17) is 23.2 Å². The number of hydrogen-bond donors (Lipinski definition) is 1. The van der Waals surface area contributed by atoms with Crippen LogP contribution in [0.5, 0.6) is 0 Å². The van der Waals surface area contributed by atoms with Crippen LogP contribution in [0.3, 0.4) is 0 Å². The molecule has 2 heterocycles. The van der Waals surface area contributed by atoms with Crippen molar-refractivity contribution in [3.8, 4) is 0 Å². The molecule has 0 aliphatic carbocycles. The van der Waals surface area contributed by atoms with E-state index < -0.39 is 5.41 Å². The minimum Gasteiger partial charge on any atom is -0.347 e. The zero-order valence-electron chi connectivity index (χ0n) is 22.7. The van der Waals surface area contributed by atoms with E-state index in [2.05, 4.69) is 35.3 Å². The molecule has 0 radical (unpaired) electrons. The van der Waals surface area contributed by atoms with Crippen LogP contribution in [0.2, 0.25) is 10.0 Å². The third-order valence-electron chi connectivity index (χ3n) is 8.77. The molecule has 2 aliphatic heterocycles. The fourth-order valence-electron chi connectivity index (χ4n) is 6.64. The van der Waals surface area contributed by atoms with Gasteiger partial charge in [-0.3, -0.25) is 9.59 Å². The Balaban J connectivity index is 1.41. The summed E-state index contributed by atoms with van der Waals surface area (Å²) >= 11 is 12.8. The number of benzene rings is 3. The Morgan fingerprint density at radius 1 is 1.00 bits per heavy atom. The Kier molecular flexibility index (Phi) is 7.78. The third kappa shape index (κ3) is 5.20. The predicted octanol–water partition coefficient (Wildman–Crippen LogP) is 6.60. The number of hydrogen-bond acceptors (Lipinski definition) is 3. The summed E-state index contributed by atoms with van der Waals surface area (Å²) in [4.78, 5) is 29.8. The van der Waals surface area contributed by atoms with Gasteiger partial charge in [0.2, 0.25) is 5.91 Å². The molecule has 2 aliphatic rings. The molecule has 1 N–H and O–H groups in total. The number of likely N-dealkylation sites (N-methyl/N-ethyl adjacent to an activating group) is 1. The average Bonchev–Trinajstić information content (AvgIpc) is 3.20. The van der Waals surface area contributed by atoms with E-state index in [1.807, 2.05) is 66.5 Å². The van der Waals surface area contributed by atoms with Crippen molar-refractivity contribution in [2.75, 3.05) is 26.7 Å². The Morgan fingerprint density at radius 2 is 1.67 bits per heavy atom. The van der Waals surface area contributed by atoms with Gasteiger partial charge in [0.05, 0.1) is 21.6 Å². The molecule has 1 fully saturated rings. The SMILES string of the molecule is CC(=O)NC1(c2ccccc2)CCN(CCC(C)(c2ccc(Cl)c(Cl)c2)C2c3ccccc3C(=O)N2C)CC1. The van der Waals surface area contributed by atoms with Crippen LogP contribution >= 0.6 is 23.2 Å². The molecular formula is C32H35Cl2N3O2. The van der Waals surface area contributed by atoms with E-state index in [1.165, 1.54) is 0 Å². The van der Waals surface area contributed by atoms with Gasteiger partial charge >= 0.3 is 0 Å². The molecule has 7 heteroatoms. The molecule has 2 unspecified atom stereocenters. The normalized spacial score (nSPS) is 20.4. The molecule has 0 bridgehead atoms. The smallest absolute Gasteiger partial charge is 0.254 e. The predicted molar refractivity (Wildman–Crippen MR) is 157 cm³/mol. The number of halogens is 2. The van der Waals surface area contributed by atoms with Crippen molar-refractivity contribution in [3.63, 3.8) is 0 Å². The lowest BCUT2D eigenvalue weighted by Gasteiger charge is -2.45. The van der Waals surface area contributed by atoms with Crippen LogP contribution in [0.25, 0.3) is 0 Å². The molecule has 2 atom stereocenters. The quantitative estimate of drug-likeness (QED) is 0.352. The highest BCUT2D eigenvalue weighted by Gasteiger charge is 2.47. The van der Waals surface area contributed by atoms with Gasteiger partial charge in [0.25, 0.3) is 5.91 Å². The second kappa shape index (κ2) is 11.0. The highest BCUT2D eigenvalue weighted by Crippen LogP contribution is 2.49. The number of nitrogens with one attached hydrogen (secondary N) is 1. The zero-order valence-corrected chi connectivity index (χ0v) is 24.2. The second-order valence-electron chi connectivity index (χ2n) is 11.2. The molecule has 0 saturated carbocycles. The van der Waals surface area contributed by atoms with Crippen LogP contribution in [0.4, 0.5) is 0 Å². The minimum absolute atomic E-state index is 0.00732. The number of likely N-dealkylation sites (tertiary alicyclic amines) is 1. The van der Waals surface area contributed by atoms with Crippen molar-refractivity contribution in [3.05, 3.63) is 105 Å². The molecule has 1 saturated heterocycles. The van der Waals surface area contributed by atoms with E-state index >= 15 is 0 Å². The number of amides is 2. The molecule has 5 nitrogen and oxygen atoms in total. The van der Waals surface area contributed by atoms with Crippen molar-refractivity contribution < 1.29 is 9.59 Å². The highest BCUT2D eigenvalue weighted by atomic mass is 35.5. The van der Waals surface area contributed by atoms with Crippen LogP contribution in [-0.4, -0.2) is 48.3 Å². The van der Waals surface area contributed by atoms with Crippen molar-refractivity contribution in [1.82, 2.24) is 15.1 Å². The average molecular weight is 565 g/mol. The summed E-state index contributed by atoms with van der Waals surface area (Å²) in [5, 5.41) is 4.31. The summed E-state index contributed by atoms with van der Waals surface area (Å²) in [6.07, 6.45) is 2.50. The lowest BCUT2D eigenvalue weighted by atomic mass is 9.70. The summed E-state index contributed by atoms with van der Waals surface area (Å²) in [5.41, 5.74) is 3.27. The fourth-order valence-corrected chi connectivity index (χ4v) is 6.93. The van der Waals surface area contributed by atoms with Crippen molar-refractivity contribution >= 4 is 35.0 Å². The first kappa shape index (κ1) is 27.7. The van der Waals surface area contributed by atoms with Gasteiger partial charge in [-0.15, -0.1) is 0 Å². The topological polar surface area (TPSA) is 52.7 Å². The number of carbonyl (C=O) groups excluding carboxylic acids is 2. The maximum atomic E-state index is 13.2. The third-order valence-corrected chi connectivity index (χ3v) is 9.51. The Morgan fingerprint density at radius 3 is 2.33 bits per heavy atom. The first-order valence-corrected chi connectivity index (χ1v) is 14.3. The second-order valence-corrected chi connectivity index (χ2v) is 12.0. The van der Waals surface area contributed by atoms with Gasteiger partial charge in [0, 0.05) is 38.0 Å². The van der Waals surface area contributed by atoms with E-state index in [0.717, 1.165) is 61.2 Å². The molecule has 39 heavy (non-hydrogen) atoms. The van der Waals surface area contributed by atoms with Gasteiger partial charge in [-0.1, -0.05) is 84.7 Å². The van der Waals surface area contributed by atoms with Crippen molar-refractivity contribution in [2.45, 2.75) is 50.1 Å². The van der Waals surface area contributed by atoms with Crippen LogP contribution in [-0.2, 0) is 15.7 Å². The Hall–Kier alpha value is -2.86. The maximum Gasteiger partial charge on any atom is 0.254 e. The lowest BCUT2D eigenvalue weighted by Crippen LogP contribution is -2.53. The van der Waals surface area contributed by atoms with Crippen LogP contribution in [0.15, 0.2) is 72.8 Å². The summed E-state index contributed by atoms with van der Waals surface area (Å²) in [7, 11) is 1.89. The first-order valence-electron chi connectivity index (χ1n) is 13.5. The molecule has 0 aromatic heterocycles. The van der Waals surface area contributed by atoms with Gasteiger partial charge in [-0.25, -0.2) is 0 Å². The molecule has 3 aromatic rings. The van der Waals surface area contributed by atoms with Crippen LogP contribution < -0.4 is 5.32 Å². The number of rotatable bonds is 7. The van der Waals surface area contributed by atoms with Crippen molar-refractivity contribution in [1.29, 1.82) is 0 Å². The monoisotopic (exact) mass is 563 g/mol. The molecule has 2 amide bonds. The summed E-state index contributed by atoms with van der Waals surface area (Å²) in [6.45, 7) is 6.41. The number of nitrogens with zero attached hydrogens (tertiary/aromatic N) is 2. The zero-order chi connectivity index (χ0) is 27.8. The fraction of sp³-hybridized carbons (Fsp3) is 0.375. The van der Waals surface area contributed by atoms with E-state index in [-0.39, 0.29) is 23.4 Å². The standard InChI is InChI=1S/C32H35Cl2N3O2/c1-22(38)35-32(23-9-5-4-6-10-23)16-19-37(20-17-32)18-15-31(2,24-13-14-27(33)28(34)21-24)29-25-11-7-8-12-26(25)30(39)36(29)3/h4-14,21,29H,15-20H2,1-3H3,(H,35,38). The summed E-state index contributed by atoms with van der Waals surface area (Å²) in [5.74, 6) is 0.0370. The van der Waals surface area contributed by atoms with Gasteiger partial charge in [-0.05, 0) is 60.7 Å². The van der Waals surface area contributed by atoms with Gasteiger partial charge < -0.3 is 15.1 Å². The van der Waals surface area contributed by atoms with Gasteiger partial charge in [0.15, 0.2) is 0 Å². The number of piperidine rings is 1. The molecule has 3 aromatic carbocycles. The molecule has 5 rings (SSSR count). The van der Waals surface area contributed by atoms with E-state index in [1.54, 1.807) is 6.92 Å². The van der Waals surface area contributed by atoms with Gasteiger partial charge in [-0.2, -0.15) is 0 Å². The first-order chi connectivity index (χ1) is 18.6. The largest absolute Gasteiger partial charge is 0.347 e. The van der Waals surface area contributed by atoms with E-state index in [0.29, 0.717) is 10.0 Å². The number of fused-ring (bicyclic) bond motifs is 1. The van der Waals surface area contributed by atoms with E-state index in [9.17, 15) is 9.59 Å². The Bertz CT molecular complexity index is 1370. The highest BCUT2D eigenvalue weighted by molar-refractivity contribution is 6.42. The Labute approximate surface area is 241 Å². The van der Waals surface area contributed by atoms with Crippen LogP contribution in [0.1, 0.15) is 66.2 Å². The minimum atomic E-state index is -0.406. The van der Waals surface area contributed by atoms with Gasteiger partial charge in [0.1, 0.15) is 0 Å². The number of carbonyl (C=O) groups is 2. The summed E-state index contributed by atoms with van der Waals surface area (Å²) in [6, 6.07) is 23.9. The molecule has 204 valence electrons. The van der Waals surface area contributed by atoms with Crippen LogP contribution in [0, 0.1) is 0 Å². The lowest BCUT2D eigenvalue weighted by molar-refractivity contribution is -0.121.